The number of benzene rings is 2. The number of hydrogen-bond acceptors (Lipinski definition) is 3. The quantitative estimate of drug-likeness (QED) is 0.757. The maximum atomic E-state index is 14.8. The van der Waals surface area contributed by atoms with E-state index in [2.05, 4.69) is 10.4 Å². The van der Waals surface area contributed by atoms with Crippen molar-refractivity contribution < 1.29 is 14.9 Å². The first-order valence-corrected chi connectivity index (χ1v) is 8.38. The number of nitrogens with two attached hydrogens (primary N) is 1. The van der Waals surface area contributed by atoms with Gasteiger partial charge in [0.05, 0.1) is 5.56 Å². The molecular formula is C19H18F2N4O. The standard InChI is InChI=1S/C19H18F2N4O/c20-15-8-17(16(21)7-14(15)11-4-2-6-23-9-11)25-10-12-3-1-5-13(19(22)26)18(12)24-25/h1,3,5,7-8,10-11,23H,2,4,6,9H2,(H2,22,26)/t11-/m0/s1/i11D. The van der Waals surface area contributed by atoms with Crippen LogP contribution >= 0.6 is 0 Å². The van der Waals surface area contributed by atoms with Crippen LogP contribution in [0.2, 0.25) is 0 Å². The number of hydrogen-bond donors (Lipinski definition) is 2. The molecule has 1 fully saturated rings. The van der Waals surface area contributed by atoms with Crippen molar-refractivity contribution >= 4 is 16.8 Å². The molecule has 2 aromatic carbocycles. The van der Waals surface area contributed by atoms with Crippen molar-refractivity contribution in [3.63, 3.8) is 0 Å². The number of primary amides is 1. The summed E-state index contributed by atoms with van der Waals surface area (Å²) in [6.07, 6.45) is 2.70. The molecule has 26 heavy (non-hydrogen) atoms. The van der Waals surface area contributed by atoms with Gasteiger partial charge in [-0.2, -0.15) is 5.10 Å². The lowest BCUT2D eigenvalue weighted by atomic mass is 9.91. The first-order chi connectivity index (χ1) is 12.9. The number of nitrogens with one attached hydrogen (secondary N) is 1. The second-order valence-corrected chi connectivity index (χ2v) is 6.35. The lowest BCUT2D eigenvalue weighted by Crippen LogP contribution is -2.29. The molecular weight excluding hydrogens is 338 g/mol. The van der Waals surface area contributed by atoms with E-state index >= 15 is 0 Å². The predicted octanol–water partition coefficient (Wildman–Crippen LogP) is 2.87. The van der Waals surface area contributed by atoms with Crippen molar-refractivity contribution in [3.8, 4) is 5.69 Å². The van der Waals surface area contributed by atoms with Crippen molar-refractivity contribution in [3.05, 3.63) is 59.3 Å². The molecule has 4 rings (SSSR count). The Morgan fingerprint density at radius 2 is 2.19 bits per heavy atom. The number of piperidine rings is 1. The number of nitrogens with zero attached hydrogens (tertiary/aromatic N) is 2. The van der Waals surface area contributed by atoms with Crippen LogP contribution < -0.4 is 11.1 Å². The van der Waals surface area contributed by atoms with Gasteiger partial charge in [-0.3, -0.25) is 4.79 Å². The van der Waals surface area contributed by atoms with Crippen molar-refractivity contribution in [1.82, 2.24) is 15.1 Å². The van der Waals surface area contributed by atoms with Gasteiger partial charge in [-0.05, 0) is 43.0 Å². The fourth-order valence-corrected chi connectivity index (χ4v) is 3.33. The minimum atomic E-state index is -1.20. The highest BCUT2D eigenvalue weighted by Crippen LogP contribution is 2.29. The highest BCUT2D eigenvalue weighted by Gasteiger charge is 2.22. The molecule has 1 atom stereocenters. The van der Waals surface area contributed by atoms with Crippen molar-refractivity contribution in [2.75, 3.05) is 13.1 Å². The van der Waals surface area contributed by atoms with E-state index in [0.29, 0.717) is 17.3 Å². The second-order valence-electron chi connectivity index (χ2n) is 6.35. The molecule has 1 aliphatic rings. The monoisotopic (exact) mass is 357 g/mol. The molecule has 3 N–H and O–H groups in total. The SMILES string of the molecule is [2H][C@]1(c2cc(F)c(-n3cc4cccc(C(N)=O)c4n3)cc2F)CCCNC1. The molecule has 0 aliphatic carbocycles. The van der Waals surface area contributed by atoms with E-state index in [1.807, 2.05) is 0 Å². The summed E-state index contributed by atoms with van der Waals surface area (Å²) in [7, 11) is 0. The lowest BCUT2D eigenvalue weighted by molar-refractivity contribution is 0.100. The van der Waals surface area contributed by atoms with E-state index in [-0.39, 0.29) is 23.4 Å². The average molecular weight is 357 g/mol. The zero-order chi connectivity index (χ0) is 19.2. The lowest BCUT2D eigenvalue weighted by Gasteiger charge is -2.23. The molecule has 1 saturated heterocycles. The number of fused-ring (bicyclic) bond motifs is 1. The van der Waals surface area contributed by atoms with Crippen LogP contribution in [0.3, 0.4) is 0 Å². The third-order valence-corrected chi connectivity index (χ3v) is 4.64. The van der Waals surface area contributed by atoms with Crippen LogP contribution in [0.25, 0.3) is 16.6 Å². The average Bonchev–Trinajstić information content (AvgIpc) is 3.07. The van der Waals surface area contributed by atoms with Crippen LogP contribution in [0.4, 0.5) is 8.78 Å². The summed E-state index contributed by atoms with van der Waals surface area (Å²) in [6, 6.07) is 7.01. The Labute approximate surface area is 150 Å². The Bertz CT molecular complexity index is 1040. The Hall–Kier alpha value is -2.80. The second kappa shape index (κ2) is 6.49. The van der Waals surface area contributed by atoms with Gasteiger partial charge in [0.25, 0.3) is 5.91 Å². The van der Waals surface area contributed by atoms with Gasteiger partial charge in [-0.25, -0.2) is 13.5 Å². The number of aromatic nitrogens is 2. The smallest absolute Gasteiger partial charge is 0.250 e. The summed E-state index contributed by atoms with van der Waals surface area (Å²) >= 11 is 0. The molecule has 0 radical (unpaired) electrons. The fraction of sp³-hybridized carbons (Fsp3) is 0.263. The van der Waals surface area contributed by atoms with E-state index in [9.17, 15) is 13.6 Å². The van der Waals surface area contributed by atoms with Gasteiger partial charge in [0.1, 0.15) is 22.8 Å². The summed E-state index contributed by atoms with van der Waals surface area (Å²) in [5, 5.41) is 7.87. The first-order valence-electron chi connectivity index (χ1n) is 8.88. The van der Waals surface area contributed by atoms with Crippen molar-refractivity contribution in [2.45, 2.75) is 18.7 Å². The first kappa shape index (κ1) is 15.5. The molecule has 2 heterocycles. The number of carbonyl (C=O) groups excluding carboxylic acids is 1. The molecule has 1 amide bonds. The number of carbonyl (C=O) groups is 1. The summed E-state index contributed by atoms with van der Waals surface area (Å²) < 4.78 is 39.3. The molecule has 134 valence electrons. The molecule has 5 nitrogen and oxygen atoms in total. The third kappa shape index (κ3) is 2.84. The Morgan fingerprint density at radius 1 is 1.35 bits per heavy atom. The molecule has 0 bridgehead atoms. The highest BCUT2D eigenvalue weighted by atomic mass is 19.1. The summed E-state index contributed by atoms with van der Waals surface area (Å²) in [4.78, 5) is 11.5. The number of rotatable bonds is 3. The molecule has 0 spiro atoms. The summed E-state index contributed by atoms with van der Waals surface area (Å²) in [5.74, 6) is -3.18. The van der Waals surface area contributed by atoms with Crippen LogP contribution in [0.15, 0.2) is 36.5 Å². The molecule has 1 aromatic heterocycles. The topological polar surface area (TPSA) is 72.9 Å². The maximum Gasteiger partial charge on any atom is 0.250 e. The Balaban J connectivity index is 1.81. The van der Waals surface area contributed by atoms with E-state index in [4.69, 9.17) is 7.10 Å². The Kier molecular flexibility index (Phi) is 3.86. The molecule has 0 saturated carbocycles. The number of amides is 1. The van der Waals surface area contributed by atoms with Crippen LogP contribution in [-0.4, -0.2) is 28.8 Å². The summed E-state index contributed by atoms with van der Waals surface area (Å²) in [5.41, 5.74) is 5.83. The molecule has 1 aliphatic heterocycles. The highest BCUT2D eigenvalue weighted by molar-refractivity contribution is 6.04. The normalized spacial score (nSPS) is 20.9. The zero-order valence-electron chi connectivity index (χ0n) is 14.9. The van der Waals surface area contributed by atoms with E-state index in [0.717, 1.165) is 25.1 Å². The van der Waals surface area contributed by atoms with Gasteiger partial charge in [0, 0.05) is 25.6 Å². The van der Waals surface area contributed by atoms with E-state index in [1.165, 1.54) is 16.9 Å². The predicted molar refractivity (Wildman–Crippen MR) is 94.3 cm³/mol. The molecule has 0 unspecified atom stereocenters. The fourth-order valence-electron chi connectivity index (χ4n) is 3.33. The van der Waals surface area contributed by atoms with Gasteiger partial charge in [-0.1, -0.05) is 12.1 Å². The van der Waals surface area contributed by atoms with Gasteiger partial charge in [-0.15, -0.1) is 0 Å². The summed E-state index contributed by atoms with van der Waals surface area (Å²) in [6.45, 7) is 1.04. The van der Waals surface area contributed by atoms with E-state index in [1.54, 1.807) is 12.1 Å². The minimum absolute atomic E-state index is 0.0329. The van der Waals surface area contributed by atoms with E-state index < -0.39 is 23.4 Å². The van der Waals surface area contributed by atoms with Crippen molar-refractivity contribution in [1.29, 1.82) is 0 Å². The maximum absolute atomic E-state index is 14.8. The zero-order valence-corrected chi connectivity index (χ0v) is 13.9. The largest absolute Gasteiger partial charge is 0.366 e. The van der Waals surface area contributed by atoms with Gasteiger partial charge < -0.3 is 11.1 Å². The van der Waals surface area contributed by atoms with Crippen LogP contribution in [0.1, 0.15) is 36.0 Å². The molecule has 7 heteroatoms. The van der Waals surface area contributed by atoms with Crippen molar-refractivity contribution in [2.24, 2.45) is 5.73 Å². The van der Waals surface area contributed by atoms with Crippen LogP contribution in [0, 0.1) is 11.6 Å². The van der Waals surface area contributed by atoms with Gasteiger partial charge >= 0.3 is 0 Å². The Morgan fingerprint density at radius 3 is 2.92 bits per heavy atom. The number of halogens is 2. The molecule has 3 aromatic rings. The van der Waals surface area contributed by atoms with Crippen LogP contribution in [-0.2, 0) is 0 Å². The third-order valence-electron chi connectivity index (χ3n) is 4.64. The van der Waals surface area contributed by atoms with Crippen LogP contribution in [0.5, 0.6) is 0 Å². The van der Waals surface area contributed by atoms with Gasteiger partial charge in [0.2, 0.25) is 0 Å². The van der Waals surface area contributed by atoms with Gasteiger partial charge in [0.15, 0.2) is 0 Å². The minimum Gasteiger partial charge on any atom is -0.366 e.